The Bertz CT molecular complexity index is 619. The molecule has 0 aromatic carbocycles. The number of carbonyl (C=O) groups is 2. The van der Waals surface area contributed by atoms with Gasteiger partial charge >= 0.3 is 11.9 Å². The zero-order valence-electron chi connectivity index (χ0n) is 31.4. The third-order valence-electron chi connectivity index (χ3n) is 9.83. The maximum Gasteiger partial charge on any atom is 0.306 e. The van der Waals surface area contributed by atoms with E-state index in [1.807, 2.05) is 0 Å². The molecule has 0 radical (unpaired) electrons. The highest BCUT2D eigenvalue weighted by atomic mass is 16.5. The number of hydrogen-bond acceptors (Lipinski definition) is 3. The first-order chi connectivity index (χ1) is 22.6. The van der Waals surface area contributed by atoms with Gasteiger partial charge < -0.3 is 9.84 Å². The number of carboxylic acid groups (broad SMARTS) is 1. The van der Waals surface area contributed by atoms with E-state index in [9.17, 15) is 9.59 Å². The van der Waals surface area contributed by atoms with Gasteiger partial charge in [0.2, 0.25) is 0 Å². The van der Waals surface area contributed by atoms with E-state index in [0.717, 1.165) is 32.1 Å². The van der Waals surface area contributed by atoms with Crippen molar-refractivity contribution in [3.63, 3.8) is 0 Å². The summed E-state index contributed by atoms with van der Waals surface area (Å²) in [6.07, 6.45) is 45.7. The number of unbranched alkanes of at least 4 members (excludes halogenated alkanes) is 30. The second-order valence-electron chi connectivity index (χ2n) is 14.5. The average Bonchev–Trinajstić information content (AvgIpc) is 3.04. The summed E-state index contributed by atoms with van der Waals surface area (Å²) in [4.78, 5) is 23.3. The minimum atomic E-state index is -0.669. The molecule has 0 rings (SSSR count). The molecule has 0 saturated heterocycles. The topological polar surface area (TPSA) is 63.6 Å². The lowest BCUT2D eigenvalue weighted by molar-refractivity contribution is -0.150. The maximum atomic E-state index is 12.7. The third kappa shape index (κ3) is 37.4. The first-order valence-electron chi connectivity index (χ1n) is 21.0. The maximum absolute atomic E-state index is 12.7. The molecular weight excluding hydrogens is 568 g/mol. The van der Waals surface area contributed by atoms with E-state index in [1.165, 1.54) is 193 Å². The fourth-order valence-electron chi connectivity index (χ4n) is 6.72. The molecule has 46 heavy (non-hydrogen) atoms. The Morgan fingerprint density at radius 1 is 0.391 bits per heavy atom. The molecule has 1 atom stereocenters. The van der Waals surface area contributed by atoms with Gasteiger partial charge in [0.05, 0.1) is 0 Å². The van der Waals surface area contributed by atoms with E-state index in [2.05, 4.69) is 13.8 Å². The fraction of sp³-hybridized carbons (Fsp3) is 0.952. The molecular formula is C42H82O4. The Hall–Kier alpha value is -1.06. The molecule has 1 N–H and O–H groups in total. The number of hydrogen-bond donors (Lipinski definition) is 1. The van der Waals surface area contributed by atoms with Gasteiger partial charge in [-0.2, -0.15) is 0 Å². The smallest absolute Gasteiger partial charge is 0.306 e. The van der Waals surface area contributed by atoms with Crippen molar-refractivity contribution in [1.82, 2.24) is 0 Å². The van der Waals surface area contributed by atoms with Crippen LogP contribution in [0.3, 0.4) is 0 Å². The number of carbonyl (C=O) groups excluding carboxylic acids is 1. The minimum Gasteiger partial charge on any atom is -0.481 e. The van der Waals surface area contributed by atoms with Crippen LogP contribution in [-0.4, -0.2) is 23.1 Å². The van der Waals surface area contributed by atoms with Crippen molar-refractivity contribution < 1.29 is 19.4 Å². The van der Waals surface area contributed by atoms with E-state index < -0.39 is 5.97 Å². The Morgan fingerprint density at radius 2 is 0.652 bits per heavy atom. The second kappa shape index (κ2) is 38.4. The van der Waals surface area contributed by atoms with E-state index in [0.29, 0.717) is 12.8 Å². The van der Waals surface area contributed by atoms with Crippen LogP contribution in [0, 0.1) is 0 Å². The van der Waals surface area contributed by atoms with Crippen molar-refractivity contribution in [3.05, 3.63) is 0 Å². The highest BCUT2D eigenvalue weighted by Gasteiger charge is 2.14. The predicted octanol–water partition coefficient (Wildman–Crippen LogP) is 14.5. The molecule has 0 aliphatic rings. The first-order valence-corrected chi connectivity index (χ1v) is 21.0. The van der Waals surface area contributed by atoms with Crippen molar-refractivity contribution in [2.24, 2.45) is 0 Å². The molecule has 4 heteroatoms. The van der Waals surface area contributed by atoms with Crippen molar-refractivity contribution >= 4 is 11.9 Å². The van der Waals surface area contributed by atoms with Crippen molar-refractivity contribution in [3.8, 4) is 0 Å². The van der Waals surface area contributed by atoms with Crippen LogP contribution in [0.1, 0.15) is 251 Å². The molecule has 0 aliphatic heterocycles. The number of aliphatic carboxylic acids is 1. The molecule has 0 heterocycles. The van der Waals surface area contributed by atoms with E-state index in [-0.39, 0.29) is 12.1 Å². The molecule has 1 unspecified atom stereocenters. The lowest BCUT2D eigenvalue weighted by Gasteiger charge is -2.18. The summed E-state index contributed by atoms with van der Waals surface area (Å²) in [5.74, 6) is -0.622. The molecule has 0 saturated carbocycles. The number of esters is 1. The average molecular weight is 651 g/mol. The molecule has 0 amide bonds. The van der Waals surface area contributed by atoms with Crippen LogP contribution in [0.5, 0.6) is 0 Å². The zero-order valence-corrected chi connectivity index (χ0v) is 31.4. The van der Waals surface area contributed by atoms with Crippen LogP contribution < -0.4 is 0 Å². The highest BCUT2D eigenvalue weighted by molar-refractivity contribution is 5.69. The van der Waals surface area contributed by atoms with Crippen molar-refractivity contribution in [2.45, 2.75) is 258 Å². The summed E-state index contributed by atoms with van der Waals surface area (Å²) in [5, 5.41) is 8.71. The molecule has 0 aromatic rings. The van der Waals surface area contributed by atoms with Crippen LogP contribution in [-0.2, 0) is 14.3 Å². The minimum absolute atomic E-state index is 0.0469. The fourth-order valence-corrected chi connectivity index (χ4v) is 6.72. The van der Waals surface area contributed by atoms with Crippen LogP contribution in [0.2, 0.25) is 0 Å². The van der Waals surface area contributed by atoms with Gasteiger partial charge in [0.25, 0.3) is 0 Å². The number of ether oxygens (including phenoxy) is 1. The summed E-state index contributed by atoms with van der Waals surface area (Å²) in [5.41, 5.74) is 0. The van der Waals surface area contributed by atoms with Crippen molar-refractivity contribution in [2.75, 3.05) is 0 Å². The van der Waals surface area contributed by atoms with Crippen LogP contribution in [0.15, 0.2) is 0 Å². The summed E-state index contributed by atoms with van der Waals surface area (Å²) in [6, 6.07) is 0. The molecule has 4 nitrogen and oxygen atoms in total. The van der Waals surface area contributed by atoms with Gasteiger partial charge in [-0.3, -0.25) is 9.59 Å². The highest BCUT2D eigenvalue weighted by Crippen LogP contribution is 2.19. The number of carboxylic acids is 1. The largest absolute Gasteiger partial charge is 0.481 e. The van der Waals surface area contributed by atoms with Gasteiger partial charge in [-0.25, -0.2) is 0 Å². The molecule has 0 bridgehead atoms. The van der Waals surface area contributed by atoms with Crippen LogP contribution in [0.25, 0.3) is 0 Å². The predicted molar refractivity (Wildman–Crippen MR) is 200 cm³/mol. The van der Waals surface area contributed by atoms with Gasteiger partial charge in [0.15, 0.2) is 0 Å². The third-order valence-corrected chi connectivity index (χ3v) is 9.83. The van der Waals surface area contributed by atoms with Gasteiger partial charge in [-0.05, 0) is 38.5 Å². The Labute approximate surface area is 288 Å². The monoisotopic (exact) mass is 651 g/mol. The molecule has 0 aliphatic carbocycles. The Balaban J connectivity index is 3.92. The van der Waals surface area contributed by atoms with Gasteiger partial charge in [0.1, 0.15) is 6.10 Å². The number of rotatable bonds is 39. The summed E-state index contributed by atoms with van der Waals surface area (Å²) >= 11 is 0. The molecule has 274 valence electrons. The van der Waals surface area contributed by atoms with Crippen LogP contribution in [0.4, 0.5) is 0 Å². The summed E-state index contributed by atoms with van der Waals surface area (Å²) in [6.45, 7) is 4.56. The quantitative estimate of drug-likeness (QED) is 0.0531. The van der Waals surface area contributed by atoms with E-state index in [1.54, 1.807) is 0 Å². The van der Waals surface area contributed by atoms with Gasteiger partial charge in [0, 0.05) is 12.8 Å². The molecule has 0 aromatic heterocycles. The first kappa shape index (κ1) is 44.9. The molecule has 0 spiro atoms. The van der Waals surface area contributed by atoms with Gasteiger partial charge in [-0.1, -0.05) is 200 Å². The van der Waals surface area contributed by atoms with Crippen molar-refractivity contribution in [1.29, 1.82) is 0 Å². The summed E-state index contributed by atoms with van der Waals surface area (Å²) in [7, 11) is 0. The van der Waals surface area contributed by atoms with E-state index in [4.69, 9.17) is 9.84 Å². The Kier molecular flexibility index (Phi) is 37.5. The zero-order chi connectivity index (χ0) is 33.6. The Morgan fingerprint density at radius 3 is 0.957 bits per heavy atom. The standard InChI is InChI=1S/C42H82O4/c1-3-5-7-9-11-12-13-14-15-16-20-23-27-31-35-39-42(45)46-40(36-32-28-24-10-8-6-4-2)37-33-29-25-21-18-17-19-22-26-30-34-38-41(43)44/h40H,3-39H2,1-2H3,(H,43,44). The normalized spacial score (nSPS) is 12.0. The lowest BCUT2D eigenvalue weighted by atomic mass is 10.0. The van der Waals surface area contributed by atoms with E-state index >= 15 is 0 Å². The second-order valence-corrected chi connectivity index (χ2v) is 14.5. The SMILES string of the molecule is CCCCCCCCCCCCCCCCCC(=O)OC(CCCCCCCCC)CCCCCCCCCCCCCC(=O)O. The summed E-state index contributed by atoms with van der Waals surface area (Å²) < 4.78 is 6.06. The molecule has 0 fully saturated rings. The van der Waals surface area contributed by atoms with Gasteiger partial charge in [-0.15, -0.1) is 0 Å². The lowest BCUT2D eigenvalue weighted by Crippen LogP contribution is -2.18. The van der Waals surface area contributed by atoms with Crippen LogP contribution >= 0.6 is 0 Å².